The fourth-order valence-electron chi connectivity index (χ4n) is 3.58. The van der Waals surface area contributed by atoms with Crippen molar-refractivity contribution in [2.75, 3.05) is 31.1 Å². The highest BCUT2D eigenvalue weighted by Gasteiger charge is 2.29. The Kier molecular flexibility index (Phi) is 4.68. The summed E-state index contributed by atoms with van der Waals surface area (Å²) >= 11 is 5.89. The first-order valence-corrected chi connectivity index (χ1v) is 9.30. The third-order valence-corrected chi connectivity index (χ3v) is 5.31. The second-order valence-corrected chi connectivity index (χ2v) is 7.16. The Morgan fingerprint density at radius 3 is 2.54 bits per heavy atom. The number of nitro benzene ring substituents is 1. The predicted molar refractivity (Wildman–Crippen MR) is 107 cm³/mol. The zero-order valence-electron chi connectivity index (χ0n) is 15.2. The molecule has 0 bridgehead atoms. The third-order valence-electron chi connectivity index (χ3n) is 5.08. The molecule has 28 heavy (non-hydrogen) atoms. The molecular formula is C20H18ClN3O4. The standard InChI is InChI=1S/C20H18ClN3O4/c1-13-15-4-2-3-5-18(15)28-19(13)20(25)23-10-8-22(9-11-23)16-7-6-14(21)12-17(16)24(26)27/h2-7,12H,8-11H2,1H3. The summed E-state index contributed by atoms with van der Waals surface area (Å²) < 4.78 is 5.78. The number of furan rings is 1. The molecule has 0 unspecified atom stereocenters. The van der Waals surface area contributed by atoms with Crippen molar-refractivity contribution in [2.45, 2.75) is 6.92 Å². The molecule has 1 aliphatic heterocycles. The van der Waals surface area contributed by atoms with Crippen LogP contribution in [0, 0.1) is 17.0 Å². The number of benzene rings is 2. The minimum absolute atomic E-state index is 0.0274. The molecule has 8 heteroatoms. The molecule has 0 aliphatic carbocycles. The van der Waals surface area contributed by atoms with Crippen LogP contribution in [0.2, 0.25) is 5.02 Å². The zero-order chi connectivity index (χ0) is 19.8. The molecule has 0 spiro atoms. The number of amides is 1. The lowest BCUT2D eigenvalue weighted by Crippen LogP contribution is -2.49. The van der Waals surface area contributed by atoms with E-state index in [2.05, 4.69) is 0 Å². The fourth-order valence-corrected chi connectivity index (χ4v) is 3.75. The summed E-state index contributed by atoms with van der Waals surface area (Å²) in [7, 11) is 0. The number of rotatable bonds is 3. The summed E-state index contributed by atoms with van der Waals surface area (Å²) in [6.07, 6.45) is 0. The molecule has 2 heterocycles. The number of para-hydroxylation sites is 1. The predicted octanol–water partition coefficient (Wildman–Crippen LogP) is 4.27. The quantitative estimate of drug-likeness (QED) is 0.485. The average Bonchev–Trinajstić information content (AvgIpc) is 3.04. The largest absolute Gasteiger partial charge is 0.451 e. The van der Waals surface area contributed by atoms with Gasteiger partial charge in [-0.05, 0) is 25.1 Å². The van der Waals surface area contributed by atoms with E-state index in [0.29, 0.717) is 48.2 Å². The van der Waals surface area contributed by atoms with E-state index in [9.17, 15) is 14.9 Å². The summed E-state index contributed by atoms with van der Waals surface area (Å²) in [5.74, 6) is 0.200. The van der Waals surface area contributed by atoms with Crippen molar-refractivity contribution in [3.05, 3.63) is 68.9 Å². The van der Waals surface area contributed by atoms with Gasteiger partial charge in [-0.15, -0.1) is 0 Å². The number of carbonyl (C=O) groups excluding carboxylic acids is 1. The average molecular weight is 400 g/mol. The van der Waals surface area contributed by atoms with Gasteiger partial charge in [0.2, 0.25) is 0 Å². The summed E-state index contributed by atoms with van der Waals surface area (Å²) in [6, 6.07) is 12.2. The number of hydrogen-bond donors (Lipinski definition) is 0. The maximum absolute atomic E-state index is 12.9. The summed E-state index contributed by atoms with van der Waals surface area (Å²) in [5.41, 5.74) is 2.01. The molecular weight excluding hydrogens is 382 g/mol. The van der Waals surface area contributed by atoms with Gasteiger partial charge in [0.25, 0.3) is 11.6 Å². The van der Waals surface area contributed by atoms with Gasteiger partial charge in [-0.3, -0.25) is 14.9 Å². The number of piperazine rings is 1. The monoisotopic (exact) mass is 399 g/mol. The molecule has 0 radical (unpaired) electrons. The molecule has 0 atom stereocenters. The molecule has 7 nitrogen and oxygen atoms in total. The number of carbonyl (C=O) groups is 1. The highest BCUT2D eigenvalue weighted by molar-refractivity contribution is 6.30. The summed E-state index contributed by atoms with van der Waals surface area (Å²) in [6.45, 7) is 3.78. The number of anilines is 1. The SMILES string of the molecule is Cc1c(C(=O)N2CCN(c3ccc(Cl)cc3[N+](=O)[O-])CC2)oc2ccccc12. The van der Waals surface area contributed by atoms with Gasteiger partial charge in [0.05, 0.1) is 4.92 Å². The molecule has 0 N–H and O–H groups in total. The van der Waals surface area contributed by atoms with Crippen LogP contribution in [0.5, 0.6) is 0 Å². The van der Waals surface area contributed by atoms with Gasteiger partial charge in [0.15, 0.2) is 5.76 Å². The molecule has 2 aromatic carbocycles. The van der Waals surface area contributed by atoms with Crippen LogP contribution in [-0.4, -0.2) is 41.9 Å². The Bertz CT molecular complexity index is 1070. The molecule has 1 saturated heterocycles. The topological polar surface area (TPSA) is 79.8 Å². The number of aryl methyl sites for hydroxylation is 1. The van der Waals surface area contributed by atoms with Crippen LogP contribution in [0.3, 0.4) is 0 Å². The van der Waals surface area contributed by atoms with Crippen LogP contribution in [-0.2, 0) is 0 Å². The smallest absolute Gasteiger partial charge is 0.294 e. The maximum atomic E-state index is 12.9. The van der Waals surface area contributed by atoms with Gasteiger partial charge >= 0.3 is 0 Å². The van der Waals surface area contributed by atoms with Crippen molar-refractivity contribution in [3.8, 4) is 0 Å². The van der Waals surface area contributed by atoms with Crippen LogP contribution in [0.4, 0.5) is 11.4 Å². The van der Waals surface area contributed by atoms with E-state index in [0.717, 1.165) is 10.9 Å². The second kappa shape index (κ2) is 7.16. The van der Waals surface area contributed by atoms with E-state index in [1.807, 2.05) is 36.1 Å². The minimum atomic E-state index is -0.434. The molecule has 4 rings (SSSR count). The van der Waals surface area contributed by atoms with Crippen LogP contribution in [0.25, 0.3) is 11.0 Å². The van der Waals surface area contributed by atoms with E-state index in [1.165, 1.54) is 6.07 Å². The minimum Gasteiger partial charge on any atom is -0.451 e. The van der Waals surface area contributed by atoms with Gasteiger partial charge in [-0.25, -0.2) is 0 Å². The summed E-state index contributed by atoms with van der Waals surface area (Å²) in [4.78, 5) is 27.5. The number of hydrogen-bond acceptors (Lipinski definition) is 5. The Morgan fingerprint density at radius 1 is 1.14 bits per heavy atom. The highest BCUT2D eigenvalue weighted by atomic mass is 35.5. The van der Waals surface area contributed by atoms with Crippen molar-refractivity contribution in [2.24, 2.45) is 0 Å². The van der Waals surface area contributed by atoms with Crippen molar-refractivity contribution in [1.82, 2.24) is 4.90 Å². The molecule has 144 valence electrons. The zero-order valence-corrected chi connectivity index (χ0v) is 16.0. The number of halogens is 1. The van der Waals surface area contributed by atoms with Gasteiger partial charge in [0.1, 0.15) is 11.3 Å². The van der Waals surface area contributed by atoms with Crippen molar-refractivity contribution in [1.29, 1.82) is 0 Å². The fraction of sp³-hybridized carbons (Fsp3) is 0.250. The van der Waals surface area contributed by atoms with Crippen LogP contribution >= 0.6 is 11.6 Å². The van der Waals surface area contributed by atoms with Crippen LogP contribution in [0.15, 0.2) is 46.9 Å². The first-order chi connectivity index (χ1) is 13.5. The van der Waals surface area contributed by atoms with Crippen molar-refractivity contribution < 1.29 is 14.1 Å². The van der Waals surface area contributed by atoms with E-state index in [1.54, 1.807) is 17.0 Å². The Labute approximate surface area is 166 Å². The van der Waals surface area contributed by atoms with E-state index in [-0.39, 0.29) is 11.6 Å². The van der Waals surface area contributed by atoms with Gasteiger partial charge in [-0.2, -0.15) is 0 Å². The number of nitro groups is 1. The third kappa shape index (κ3) is 3.18. The normalized spacial score (nSPS) is 14.5. The lowest BCUT2D eigenvalue weighted by Gasteiger charge is -2.35. The molecule has 1 amide bonds. The molecule has 1 aliphatic rings. The lowest BCUT2D eigenvalue weighted by atomic mass is 10.1. The van der Waals surface area contributed by atoms with Crippen molar-refractivity contribution in [3.63, 3.8) is 0 Å². The maximum Gasteiger partial charge on any atom is 0.294 e. The molecule has 3 aromatic rings. The highest BCUT2D eigenvalue weighted by Crippen LogP contribution is 2.32. The first-order valence-electron chi connectivity index (χ1n) is 8.92. The van der Waals surface area contributed by atoms with Crippen LogP contribution < -0.4 is 4.90 Å². The van der Waals surface area contributed by atoms with Gasteiger partial charge in [0, 0.05) is 48.2 Å². The first kappa shape index (κ1) is 18.3. The van der Waals surface area contributed by atoms with Crippen LogP contribution in [0.1, 0.15) is 16.1 Å². The van der Waals surface area contributed by atoms with E-state index < -0.39 is 4.92 Å². The summed E-state index contributed by atoms with van der Waals surface area (Å²) in [5, 5.41) is 12.6. The Morgan fingerprint density at radius 2 is 1.86 bits per heavy atom. The Balaban J connectivity index is 1.52. The molecule has 1 aromatic heterocycles. The van der Waals surface area contributed by atoms with Gasteiger partial charge < -0.3 is 14.2 Å². The second-order valence-electron chi connectivity index (χ2n) is 6.72. The van der Waals surface area contributed by atoms with Crippen molar-refractivity contribution >= 4 is 39.9 Å². The van der Waals surface area contributed by atoms with Gasteiger partial charge in [-0.1, -0.05) is 29.8 Å². The van der Waals surface area contributed by atoms with E-state index in [4.69, 9.17) is 16.0 Å². The Hall–Kier alpha value is -3.06. The number of nitrogens with zero attached hydrogens (tertiary/aromatic N) is 3. The number of fused-ring (bicyclic) bond motifs is 1. The molecule has 1 fully saturated rings. The lowest BCUT2D eigenvalue weighted by molar-refractivity contribution is -0.384. The van der Waals surface area contributed by atoms with E-state index >= 15 is 0 Å². The molecule has 0 saturated carbocycles.